The Bertz CT molecular complexity index is 436. The van der Waals surface area contributed by atoms with E-state index in [0.717, 1.165) is 31.6 Å². The van der Waals surface area contributed by atoms with Gasteiger partial charge in [-0.05, 0) is 37.6 Å². The van der Waals surface area contributed by atoms with Crippen LogP contribution in [-0.2, 0) is 4.74 Å². The average molecular weight is 282 g/mol. The number of rotatable bonds is 5. The predicted octanol–water partition coefficient (Wildman–Crippen LogP) is 1.94. The van der Waals surface area contributed by atoms with Gasteiger partial charge < -0.3 is 20.1 Å². The van der Waals surface area contributed by atoms with Crippen LogP contribution < -0.4 is 10.5 Å². The highest BCUT2D eigenvalue weighted by Gasteiger charge is 2.21. The summed E-state index contributed by atoms with van der Waals surface area (Å²) in [5, 5.41) is 0. The molecule has 1 saturated heterocycles. The molecule has 1 aromatic carbocycles. The van der Waals surface area contributed by atoms with Gasteiger partial charge in [-0.15, -0.1) is 0 Å². The van der Waals surface area contributed by atoms with E-state index < -0.39 is 0 Å². The molecule has 1 fully saturated rings. The van der Waals surface area contributed by atoms with Gasteiger partial charge in [0.15, 0.2) is 11.6 Å². The fourth-order valence-corrected chi connectivity index (χ4v) is 2.60. The molecule has 0 radical (unpaired) electrons. The van der Waals surface area contributed by atoms with Crippen molar-refractivity contribution >= 4 is 0 Å². The van der Waals surface area contributed by atoms with Gasteiger partial charge in [0, 0.05) is 31.8 Å². The molecule has 20 heavy (non-hydrogen) atoms. The SMILES string of the molecule is COc1ccc(C(N)CN(C)C2CCOCC2)cc1F. The highest BCUT2D eigenvalue weighted by atomic mass is 19.1. The molecule has 2 rings (SSSR count). The Morgan fingerprint density at radius 3 is 2.75 bits per heavy atom. The minimum absolute atomic E-state index is 0.205. The topological polar surface area (TPSA) is 47.7 Å². The Labute approximate surface area is 119 Å². The average Bonchev–Trinajstić information content (AvgIpc) is 2.48. The molecule has 112 valence electrons. The number of hydrogen-bond acceptors (Lipinski definition) is 4. The second-order valence-electron chi connectivity index (χ2n) is 5.28. The molecule has 0 spiro atoms. The maximum atomic E-state index is 13.7. The summed E-state index contributed by atoms with van der Waals surface area (Å²) < 4.78 is 24.0. The third-order valence-corrected chi connectivity index (χ3v) is 3.90. The molecule has 1 unspecified atom stereocenters. The fraction of sp³-hybridized carbons (Fsp3) is 0.600. The quantitative estimate of drug-likeness (QED) is 0.896. The summed E-state index contributed by atoms with van der Waals surface area (Å²) in [5.41, 5.74) is 6.98. The number of nitrogens with two attached hydrogens (primary N) is 1. The van der Waals surface area contributed by atoms with E-state index in [9.17, 15) is 4.39 Å². The van der Waals surface area contributed by atoms with Crippen molar-refractivity contribution in [2.24, 2.45) is 5.73 Å². The van der Waals surface area contributed by atoms with E-state index in [-0.39, 0.29) is 17.6 Å². The summed E-state index contributed by atoms with van der Waals surface area (Å²) in [7, 11) is 3.52. The maximum absolute atomic E-state index is 13.7. The van der Waals surface area contributed by atoms with Crippen molar-refractivity contribution in [2.75, 3.05) is 33.9 Å². The number of nitrogens with zero attached hydrogens (tertiary/aromatic N) is 1. The smallest absolute Gasteiger partial charge is 0.165 e. The highest BCUT2D eigenvalue weighted by molar-refractivity contribution is 5.31. The van der Waals surface area contributed by atoms with Crippen LogP contribution in [0.1, 0.15) is 24.4 Å². The third kappa shape index (κ3) is 3.69. The normalized spacial score (nSPS) is 18.2. The van der Waals surface area contributed by atoms with Crippen LogP contribution >= 0.6 is 0 Å². The molecule has 4 nitrogen and oxygen atoms in total. The summed E-state index contributed by atoms with van der Waals surface area (Å²) >= 11 is 0. The third-order valence-electron chi connectivity index (χ3n) is 3.90. The number of benzene rings is 1. The molecule has 0 bridgehead atoms. The number of halogens is 1. The van der Waals surface area contributed by atoms with Gasteiger partial charge in [-0.25, -0.2) is 4.39 Å². The lowest BCUT2D eigenvalue weighted by molar-refractivity contribution is 0.0413. The van der Waals surface area contributed by atoms with E-state index in [1.165, 1.54) is 13.2 Å². The lowest BCUT2D eigenvalue weighted by Crippen LogP contribution is -2.40. The number of methoxy groups -OCH3 is 1. The predicted molar refractivity (Wildman–Crippen MR) is 76.4 cm³/mol. The summed E-state index contributed by atoms with van der Waals surface area (Å²) in [4.78, 5) is 2.25. The molecule has 1 heterocycles. The second-order valence-corrected chi connectivity index (χ2v) is 5.28. The Balaban J connectivity index is 1.96. The molecular weight excluding hydrogens is 259 g/mol. The molecule has 1 aliphatic heterocycles. The van der Waals surface area contributed by atoms with E-state index >= 15 is 0 Å². The van der Waals surface area contributed by atoms with Crippen molar-refractivity contribution in [1.29, 1.82) is 0 Å². The standard InChI is InChI=1S/C15H23FN2O2/c1-18(12-5-7-20-8-6-12)10-14(17)11-3-4-15(19-2)13(16)9-11/h3-4,9,12,14H,5-8,10,17H2,1-2H3. The van der Waals surface area contributed by atoms with Crippen LogP contribution in [-0.4, -0.2) is 44.9 Å². The molecule has 5 heteroatoms. The van der Waals surface area contributed by atoms with E-state index in [1.807, 2.05) is 6.07 Å². The largest absolute Gasteiger partial charge is 0.494 e. The summed E-state index contributed by atoms with van der Waals surface area (Å²) in [6.45, 7) is 2.32. The summed E-state index contributed by atoms with van der Waals surface area (Å²) in [5.74, 6) is -0.118. The van der Waals surface area contributed by atoms with Gasteiger partial charge in [0.25, 0.3) is 0 Å². The van der Waals surface area contributed by atoms with Gasteiger partial charge in [0.2, 0.25) is 0 Å². The molecule has 0 aromatic heterocycles. The molecule has 0 saturated carbocycles. The minimum Gasteiger partial charge on any atom is -0.494 e. The first-order valence-electron chi connectivity index (χ1n) is 6.99. The molecule has 1 atom stereocenters. The van der Waals surface area contributed by atoms with Crippen LogP contribution in [0.4, 0.5) is 4.39 Å². The zero-order chi connectivity index (χ0) is 14.5. The highest BCUT2D eigenvalue weighted by Crippen LogP contribution is 2.22. The van der Waals surface area contributed by atoms with Gasteiger partial charge >= 0.3 is 0 Å². The molecule has 1 aromatic rings. The zero-order valence-electron chi connectivity index (χ0n) is 12.1. The van der Waals surface area contributed by atoms with E-state index in [0.29, 0.717) is 12.6 Å². The van der Waals surface area contributed by atoms with Crippen LogP contribution in [0, 0.1) is 5.82 Å². The Morgan fingerprint density at radius 1 is 1.45 bits per heavy atom. The van der Waals surface area contributed by atoms with Crippen molar-refractivity contribution in [2.45, 2.75) is 24.9 Å². The van der Waals surface area contributed by atoms with Gasteiger partial charge in [0.1, 0.15) is 0 Å². The lowest BCUT2D eigenvalue weighted by atomic mass is 10.0. The maximum Gasteiger partial charge on any atom is 0.165 e. The van der Waals surface area contributed by atoms with Gasteiger partial charge in [0.05, 0.1) is 7.11 Å². The van der Waals surface area contributed by atoms with Crippen LogP contribution in [0.5, 0.6) is 5.75 Å². The fourth-order valence-electron chi connectivity index (χ4n) is 2.60. The van der Waals surface area contributed by atoms with E-state index in [4.69, 9.17) is 15.2 Å². The Morgan fingerprint density at radius 2 is 2.15 bits per heavy atom. The van der Waals surface area contributed by atoms with E-state index in [1.54, 1.807) is 6.07 Å². The molecule has 0 aliphatic carbocycles. The Kier molecular flexibility index (Phi) is 5.34. The number of hydrogen-bond donors (Lipinski definition) is 1. The second kappa shape index (κ2) is 7.02. The van der Waals surface area contributed by atoms with Crippen LogP contribution in [0.15, 0.2) is 18.2 Å². The number of ether oxygens (including phenoxy) is 2. The molecular formula is C15H23FN2O2. The van der Waals surface area contributed by atoms with Gasteiger partial charge in [-0.1, -0.05) is 6.07 Å². The van der Waals surface area contributed by atoms with Crippen LogP contribution in [0.25, 0.3) is 0 Å². The molecule has 2 N–H and O–H groups in total. The first kappa shape index (κ1) is 15.2. The van der Waals surface area contributed by atoms with Crippen LogP contribution in [0.2, 0.25) is 0 Å². The zero-order valence-corrected chi connectivity index (χ0v) is 12.1. The van der Waals surface area contributed by atoms with Crippen molar-refractivity contribution in [3.63, 3.8) is 0 Å². The molecule has 0 amide bonds. The van der Waals surface area contributed by atoms with Crippen molar-refractivity contribution in [3.8, 4) is 5.75 Å². The first-order valence-corrected chi connectivity index (χ1v) is 6.99. The first-order chi connectivity index (χ1) is 9.61. The lowest BCUT2D eigenvalue weighted by Gasteiger charge is -2.32. The van der Waals surface area contributed by atoms with Crippen LogP contribution in [0.3, 0.4) is 0 Å². The van der Waals surface area contributed by atoms with Gasteiger partial charge in [-0.2, -0.15) is 0 Å². The summed E-state index contributed by atoms with van der Waals surface area (Å²) in [6.07, 6.45) is 2.06. The van der Waals surface area contributed by atoms with Gasteiger partial charge in [-0.3, -0.25) is 0 Å². The monoisotopic (exact) mass is 282 g/mol. The van der Waals surface area contributed by atoms with Crippen molar-refractivity contribution < 1.29 is 13.9 Å². The number of likely N-dealkylation sites (N-methyl/N-ethyl adjacent to an activating group) is 1. The summed E-state index contributed by atoms with van der Waals surface area (Å²) in [6, 6.07) is 5.20. The van der Waals surface area contributed by atoms with Crippen molar-refractivity contribution in [1.82, 2.24) is 4.90 Å². The molecule has 1 aliphatic rings. The van der Waals surface area contributed by atoms with Crippen molar-refractivity contribution in [3.05, 3.63) is 29.6 Å². The van der Waals surface area contributed by atoms with E-state index in [2.05, 4.69) is 11.9 Å². The minimum atomic E-state index is -0.367. The Hall–Kier alpha value is -1.17.